The molecule has 2 aromatic carbocycles. The summed E-state index contributed by atoms with van der Waals surface area (Å²) in [5.41, 5.74) is -0.175. The van der Waals surface area contributed by atoms with Gasteiger partial charge in [-0.1, -0.05) is 6.07 Å². The third-order valence-corrected chi connectivity index (χ3v) is 4.59. The molecular formula is C17H12Br2O5. The van der Waals surface area contributed by atoms with Crippen LogP contribution in [0.15, 0.2) is 54.6 Å². The number of methoxy groups -OCH3 is 2. The van der Waals surface area contributed by atoms with Crippen LogP contribution in [0.3, 0.4) is 0 Å². The highest BCUT2D eigenvalue weighted by atomic mass is 79.9. The molecule has 0 spiro atoms. The fourth-order valence-corrected chi connectivity index (χ4v) is 3.39. The Hall–Kier alpha value is -1.99. The molecule has 0 bridgehead atoms. The quantitative estimate of drug-likeness (QED) is 0.510. The Morgan fingerprint density at radius 2 is 1.54 bits per heavy atom. The molecule has 0 saturated heterocycles. The van der Waals surface area contributed by atoms with Gasteiger partial charge in [-0.2, -0.15) is 0 Å². The van der Waals surface area contributed by atoms with Crippen LogP contribution >= 0.6 is 31.9 Å². The predicted molar refractivity (Wildman–Crippen MR) is 97.5 cm³/mol. The average Bonchev–Trinajstić information content (AvgIpc) is 2.56. The molecule has 0 amide bonds. The maximum Gasteiger partial charge on any atom is 0.339 e. The number of rotatable bonds is 4. The van der Waals surface area contributed by atoms with E-state index in [9.17, 15) is 4.79 Å². The van der Waals surface area contributed by atoms with Crippen LogP contribution in [-0.2, 0) is 0 Å². The summed E-state index contributed by atoms with van der Waals surface area (Å²) in [6.45, 7) is 0. The van der Waals surface area contributed by atoms with Gasteiger partial charge in [-0.05, 0) is 50.1 Å². The molecule has 0 aliphatic heterocycles. The zero-order chi connectivity index (χ0) is 17.3. The van der Waals surface area contributed by atoms with Gasteiger partial charge in [-0.25, -0.2) is 4.79 Å². The summed E-state index contributed by atoms with van der Waals surface area (Å²) < 4.78 is 23.2. The van der Waals surface area contributed by atoms with Crippen molar-refractivity contribution in [1.29, 1.82) is 0 Å². The first-order valence-corrected chi connectivity index (χ1v) is 8.44. The molecule has 5 nitrogen and oxygen atoms in total. The minimum atomic E-state index is -0.520. The first-order chi connectivity index (χ1) is 11.5. The summed E-state index contributed by atoms with van der Waals surface area (Å²) in [5.74, 6) is 1.89. The molecule has 3 rings (SSSR count). The fourth-order valence-electron chi connectivity index (χ4n) is 2.23. The second-order valence-electron chi connectivity index (χ2n) is 4.79. The van der Waals surface area contributed by atoms with E-state index in [1.807, 2.05) is 18.2 Å². The highest BCUT2D eigenvalue weighted by Crippen LogP contribution is 2.40. The zero-order valence-electron chi connectivity index (χ0n) is 12.8. The topological polar surface area (TPSA) is 57.9 Å². The Balaban J connectivity index is 2.22. The molecule has 0 unspecified atom stereocenters. The molecular weight excluding hydrogens is 444 g/mol. The number of hydrogen-bond donors (Lipinski definition) is 0. The van der Waals surface area contributed by atoms with Crippen LogP contribution in [0.5, 0.6) is 23.0 Å². The molecule has 0 saturated carbocycles. The van der Waals surface area contributed by atoms with Crippen LogP contribution in [0.4, 0.5) is 0 Å². The van der Waals surface area contributed by atoms with Crippen LogP contribution in [0.25, 0.3) is 11.0 Å². The van der Waals surface area contributed by atoms with E-state index in [0.717, 1.165) is 8.95 Å². The van der Waals surface area contributed by atoms with Crippen molar-refractivity contribution >= 4 is 42.8 Å². The van der Waals surface area contributed by atoms with Gasteiger partial charge in [0.05, 0.1) is 34.6 Å². The molecule has 1 heterocycles. The molecule has 24 heavy (non-hydrogen) atoms. The number of hydrogen-bond acceptors (Lipinski definition) is 5. The average molecular weight is 456 g/mol. The van der Waals surface area contributed by atoms with Gasteiger partial charge in [-0.15, -0.1) is 0 Å². The maximum absolute atomic E-state index is 11.9. The van der Waals surface area contributed by atoms with E-state index < -0.39 is 5.63 Å². The third kappa shape index (κ3) is 3.14. The molecule has 0 aliphatic rings. The summed E-state index contributed by atoms with van der Waals surface area (Å²) in [4.78, 5) is 11.9. The Bertz CT molecular complexity index is 945. The summed E-state index contributed by atoms with van der Waals surface area (Å²) >= 11 is 6.87. The zero-order valence-corrected chi connectivity index (χ0v) is 15.9. The largest absolute Gasteiger partial charge is 0.493 e. The lowest BCUT2D eigenvalue weighted by atomic mass is 10.2. The van der Waals surface area contributed by atoms with E-state index in [1.165, 1.54) is 20.3 Å². The second-order valence-corrected chi connectivity index (χ2v) is 6.49. The van der Waals surface area contributed by atoms with E-state index in [4.69, 9.17) is 18.6 Å². The summed E-state index contributed by atoms with van der Waals surface area (Å²) in [6.07, 6.45) is 0. The van der Waals surface area contributed by atoms with E-state index in [2.05, 4.69) is 31.9 Å². The van der Waals surface area contributed by atoms with Crippen LogP contribution in [0.1, 0.15) is 0 Å². The minimum absolute atomic E-state index is 0.346. The lowest BCUT2D eigenvalue weighted by Gasteiger charge is -2.13. The summed E-state index contributed by atoms with van der Waals surface area (Å²) in [5, 5.41) is 0.593. The molecule has 0 radical (unpaired) electrons. The van der Waals surface area contributed by atoms with Crippen molar-refractivity contribution < 1.29 is 18.6 Å². The van der Waals surface area contributed by atoms with Gasteiger partial charge in [-0.3, -0.25) is 0 Å². The van der Waals surface area contributed by atoms with Crippen molar-refractivity contribution in [3.63, 3.8) is 0 Å². The van der Waals surface area contributed by atoms with Gasteiger partial charge >= 0.3 is 5.63 Å². The van der Waals surface area contributed by atoms with Crippen molar-refractivity contribution in [2.75, 3.05) is 14.2 Å². The smallest absolute Gasteiger partial charge is 0.339 e. The monoisotopic (exact) mass is 454 g/mol. The van der Waals surface area contributed by atoms with Crippen molar-refractivity contribution in [3.8, 4) is 23.0 Å². The molecule has 0 fully saturated rings. The molecule has 0 aliphatic carbocycles. The Morgan fingerprint density at radius 3 is 2.17 bits per heavy atom. The van der Waals surface area contributed by atoms with Gasteiger partial charge in [0.2, 0.25) is 0 Å². The minimum Gasteiger partial charge on any atom is -0.493 e. The number of halogens is 2. The van der Waals surface area contributed by atoms with Crippen molar-refractivity contribution in [3.05, 3.63) is 55.8 Å². The SMILES string of the molecule is COc1cc2oc(=O)cc(Oc3c(Br)cccc3Br)c2cc1OC. The normalized spacial score (nSPS) is 10.7. The first-order valence-electron chi connectivity index (χ1n) is 6.85. The lowest BCUT2D eigenvalue weighted by molar-refractivity contribution is 0.354. The van der Waals surface area contributed by atoms with Gasteiger partial charge < -0.3 is 18.6 Å². The standard InChI is InChI=1S/C17H12Br2O5/c1-21-14-6-9-12(7-15(14)22-2)23-16(20)8-13(9)24-17-10(18)4-3-5-11(17)19/h3-8H,1-2H3. The molecule has 3 aromatic rings. The van der Waals surface area contributed by atoms with Crippen molar-refractivity contribution in [2.24, 2.45) is 0 Å². The Kier molecular flexibility index (Phi) is 4.82. The van der Waals surface area contributed by atoms with Gasteiger partial charge in [0.1, 0.15) is 11.3 Å². The second kappa shape index (κ2) is 6.86. The predicted octanol–water partition coefficient (Wildman–Crippen LogP) is 5.13. The maximum atomic E-state index is 11.9. The molecule has 0 atom stereocenters. The van der Waals surface area contributed by atoms with Crippen LogP contribution in [-0.4, -0.2) is 14.2 Å². The Morgan fingerprint density at radius 1 is 0.917 bits per heavy atom. The highest BCUT2D eigenvalue weighted by Gasteiger charge is 2.15. The van der Waals surface area contributed by atoms with Crippen LogP contribution in [0, 0.1) is 0 Å². The number of ether oxygens (including phenoxy) is 3. The van der Waals surface area contributed by atoms with Crippen LogP contribution in [0.2, 0.25) is 0 Å². The highest BCUT2D eigenvalue weighted by molar-refractivity contribution is 9.11. The molecule has 1 aromatic heterocycles. The van der Waals surface area contributed by atoms with Crippen LogP contribution < -0.4 is 19.8 Å². The van der Waals surface area contributed by atoms with E-state index in [-0.39, 0.29) is 0 Å². The Labute approximate surface area is 154 Å². The summed E-state index contributed by atoms with van der Waals surface area (Å²) in [7, 11) is 3.05. The molecule has 124 valence electrons. The van der Waals surface area contributed by atoms with Crippen molar-refractivity contribution in [2.45, 2.75) is 0 Å². The van der Waals surface area contributed by atoms with Gasteiger partial charge in [0, 0.05) is 6.07 Å². The number of para-hydroxylation sites is 1. The summed E-state index contributed by atoms with van der Waals surface area (Å²) in [6, 6.07) is 10.1. The van der Waals surface area contributed by atoms with Crippen molar-refractivity contribution in [1.82, 2.24) is 0 Å². The fraction of sp³-hybridized carbons (Fsp3) is 0.118. The first kappa shape index (κ1) is 16.9. The van der Waals surface area contributed by atoms with E-state index in [1.54, 1.807) is 12.1 Å². The van der Waals surface area contributed by atoms with E-state index >= 15 is 0 Å². The van der Waals surface area contributed by atoms with Gasteiger partial charge in [0.15, 0.2) is 17.2 Å². The number of fused-ring (bicyclic) bond motifs is 1. The molecule has 0 N–H and O–H groups in total. The van der Waals surface area contributed by atoms with E-state index in [0.29, 0.717) is 34.0 Å². The lowest BCUT2D eigenvalue weighted by Crippen LogP contribution is -2.00. The number of benzene rings is 2. The van der Waals surface area contributed by atoms with Gasteiger partial charge in [0.25, 0.3) is 0 Å². The third-order valence-electron chi connectivity index (χ3n) is 3.34. The molecule has 7 heteroatoms.